The van der Waals surface area contributed by atoms with Crippen molar-refractivity contribution in [3.63, 3.8) is 0 Å². The summed E-state index contributed by atoms with van der Waals surface area (Å²) in [4.78, 5) is 4.78. The third kappa shape index (κ3) is 4.42. The summed E-state index contributed by atoms with van der Waals surface area (Å²) >= 11 is 0. The molecule has 0 saturated heterocycles. The van der Waals surface area contributed by atoms with Crippen LogP contribution in [0, 0.1) is 13.8 Å². The largest absolute Gasteiger partial charge is 0.311 e. The lowest BCUT2D eigenvalue weighted by atomic mass is 10.2. The van der Waals surface area contributed by atoms with Crippen LogP contribution in [0.25, 0.3) is 17.2 Å². The van der Waals surface area contributed by atoms with Crippen molar-refractivity contribution in [2.45, 2.75) is 66.3 Å². The van der Waals surface area contributed by atoms with E-state index in [9.17, 15) is 0 Å². The van der Waals surface area contributed by atoms with Crippen LogP contribution in [-0.2, 0) is 19.4 Å². The fourth-order valence-electron chi connectivity index (χ4n) is 4.00. The second-order valence-corrected chi connectivity index (χ2v) is 8.01. The number of hydrogen-bond acceptors (Lipinski definition) is 5. The quantitative estimate of drug-likeness (QED) is 0.440. The van der Waals surface area contributed by atoms with E-state index in [4.69, 9.17) is 10.1 Å². The molecular weight excluding hydrogens is 388 g/mol. The molecule has 8 nitrogen and oxygen atoms in total. The Bertz CT molecular complexity index is 1120. The summed E-state index contributed by atoms with van der Waals surface area (Å²) in [7, 11) is 0. The third-order valence-corrected chi connectivity index (χ3v) is 5.48. The van der Waals surface area contributed by atoms with Gasteiger partial charge in [0, 0.05) is 24.2 Å². The molecule has 0 spiro atoms. The van der Waals surface area contributed by atoms with Crippen LogP contribution in [0.15, 0.2) is 30.3 Å². The Morgan fingerprint density at radius 3 is 2.48 bits per heavy atom. The molecule has 0 aliphatic heterocycles. The topological polar surface area (TPSA) is 90.1 Å². The maximum absolute atomic E-state index is 4.78. The van der Waals surface area contributed by atoms with Gasteiger partial charge >= 0.3 is 0 Å². The van der Waals surface area contributed by atoms with Crippen molar-refractivity contribution in [2.24, 2.45) is 0 Å². The molecule has 0 bridgehead atoms. The normalized spacial score (nSPS) is 11.4. The first kappa shape index (κ1) is 21.0. The predicted molar refractivity (Wildman–Crippen MR) is 120 cm³/mol. The van der Waals surface area contributed by atoms with Gasteiger partial charge in [-0.3, -0.25) is 0 Å². The minimum Gasteiger partial charge on any atom is -0.311 e. The highest BCUT2D eigenvalue weighted by atomic mass is 15.5. The zero-order valence-electron chi connectivity index (χ0n) is 18.8. The molecule has 4 rings (SSSR count). The zero-order chi connectivity index (χ0) is 21.8. The molecule has 1 N–H and O–H groups in total. The Balaban J connectivity index is 1.61. The average Bonchev–Trinajstić information content (AvgIpc) is 3.47. The highest BCUT2D eigenvalue weighted by molar-refractivity contribution is 5.61. The Hall–Kier alpha value is -3.29. The van der Waals surface area contributed by atoms with E-state index in [1.807, 2.05) is 0 Å². The number of unbranched alkanes of at least 4 members (excludes halogenated alkanes) is 1. The van der Waals surface area contributed by atoms with Gasteiger partial charge in [0.2, 0.25) is 5.82 Å². The molecule has 8 heteroatoms. The van der Waals surface area contributed by atoms with E-state index >= 15 is 0 Å². The van der Waals surface area contributed by atoms with Crippen molar-refractivity contribution in [1.82, 2.24) is 40.0 Å². The molecule has 0 unspecified atom stereocenters. The Morgan fingerprint density at radius 1 is 1.00 bits per heavy atom. The van der Waals surface area contributed by atoms with Crippen LogP contribution in [0.2, 0.25) is 0 Å². The van der Waals surface area contributed by atoms with Crippen LogP contribution in [0.1, 0.15) is 61.6 Å². The molecular formula is C23H30N8. The van der Waals surface area contributed by atoms with Crippen molar-refractivity contribution in [3.05, 3.63) is 58.8 Å². The van der Waals surface area contributed by atoms with E-state index in [0.29, 0.717) is 5.82 Å². The number of aromatic amines is 1. The van der Waals surface area contributed by atoms with Crippen molar-refractivity contribution in [2.75, 3.05) is 0 Å². The first-order valence-electron chi connectivity index (χ1n) is 11.0. The summed E-state index contributed by atoms with van der Waals surface area (Å²) in [5, 5.41) is 19.4. The number of nitrogens with zero attached hydrogens (tertiary/aromatic N) is 7. The van der Waals surface area contributed by atoms with Gasteiger partial charge in [-0.15, -0.1) is 10.2 Å². The van der Waals surface area contributed by atoms with E-state index < -0.39 is 0 Å². The van der Waals surface area contributed by atoms with E-state index in [2.05, 4.69) is 87.9 Å². The molecule has 4 aromatic rings. The monoisotopic (exact) mass is 418 g/mol. The van der Waals surface area contributed by atoms with Gasteiger partial charge in [-0.1, -0.05) is 32.4 Å². The molecule has 0 aliphatic rings. The molecule has 3 aromatic heterocycles. The van der Waals surface area contributed by atoms with Crippen LogP contribution in [-0.4, -0.2) is 40.0 Å². The highest BCUT2D eigenvalue weighted by Gasteiger charge is 2.17. The molecule has 3 heterocycles. The standard InChI is InChI=1S/C23H30N8/c1-5-7-9-21-24-20(8-6-2)27-30(21)15-18-10-12-19(13-11-18)31-17(4)14-16(3)22(31)23-25-28-29-26-23/h10-14H,5-9,15H2,1-4H3,(H,25,26,28,29). The third-order valence-electron chi connectivity index (χ3n) is 5.48. The fourth-order valence-corrected chi connectivity index (χ4v) is 4.00. The summed E-state index contributed by atoms with van der Waals surface area (Å²) < 4.78 is 4.25. The van der Waals surface area contributed by atoms with Crippen molar-refractivity contribution >= 4 is 0 Å². The zero-order valence-corrected chi connectivity index (χ0v) is 18.8. The molecule has 31 heavy (non-hydrogen) atoms. The second kappa shape index (κ2) is 9.24. The van der Waals surface area contributed by atoms with Gasteiger partial charge in [-0.05, 0) is 61.2 Å². The van der Waals surface area contributed by atoms with Gasteiger partial charge < -0.3 is 4.57 Å². The minimum atomic E-state index is 0.598. The minimum absolute atomic E-state index is 0.598. The first-order chi connectivity index (χ1) is 15.1. The van der Waals surface area contributed by atoms with E-state index in [0.717, 1.165) is 72.9 Å². The van der Waals surface area contributed by atoms with Gasteiger partial charge in [0.1, 0.15) is 5.82 Å². The lowest BCUT2D eigenvalue weighted by molar-refractivity contribution is 0.613. The number of rotatable bonds is 9. The number of H-pyrrole nitrogens is 1. The molecule has 0 saturated carbocycles. The molecule has 1 aromatic carbocycles. The van der Waals surface area contributed by atoms with E-state index in [1.54, 1.807) is 0 Å². The number of hydrogen-bond donors (Lipinski definition) is 1. The summed E-state index contributed by atoms with van der Waals surface area (Å²) in [5.74, 6) is 2.64. The number of aryl methyl sites for hydroxylation is 4. The van der Waals surface area contributed by atoms with Gasteiger partial charge in [0.15, 0.2) is 5.82 Å². The molecule has 162 valence electrons. The molecule has 0 fully saturated rings. The summed E-state index contributed by atoms with van der Waals surface area (Å²) in [6.45, 7) is 9.27. The van der Waals surface area contributed by atoms with Crippen LogP contribution in [0.3, 0.4) is 0 Å². The van der Waals surface area contributed by atoms with Crippen LogP contribution < -0.4 is 0 Å². The second-order valence-electron chi connectivity index (χ2n) is 8.01. The van der Waals surface area contributed by atoms with Gasteiger partial charge in [0.05, 0.1) is 12.2 Å². The fraction of sp³-hybridized carbons (Fsp3) is 0.435. The maximum atomic E-state index is 4.78. The van der Waals surface area contributed by atoms with E-state index in [-0.39, 0.29) is 0 Å². The smallest absolute Gasteiger partial charge is 0.221 e. The molecule has 0 aliphatic carbocycles. The van der Waals surface area contributed by atoms with Crippen LogP contribution >= 0.6 is 0 Å². The summed E-state index contributed by atoms with van der Waals surface area (Å²) in [6.07, 6.45) is 5.25. The molecule has 0 amide bonds. The lowest BCUT2D eigenvalue weighted by Gasteiger charge is -2.12. The first-order valence-corrected chi connectivity index (χ1v) is 11.0. The van der Waals surface area contributed by atoms with Gasteiger partial charge in [-0.25, -0.2) is 9.67 Å². The number of benzene rings is 1. The Morgan fingerprint density at radius 2 is 1.81 bits per heavy atom. The van der Waals surface area contributed by atoms with E-state index in [1.165, 1.54) is 5.56 Å². The Labute approximate surface area is 182 Å². The summed E-state index contributed by atoms with van der Waals surface area (Å²) in [6, 6.07) is 10.7. The number of tetrazole rings is 1. The van der Waals surface area contributed by atoms with Crippen LogP contribution in [0.4, 0.5) is 0 Å². The van der Waals surface area contributed by atoms with Crippen molar-refractivity contribution < 1.29 is 0 Å². The maximum Gasteiger partial charge on any atom is 0.221 e. The highest BCUT2D eigenvalue weighted by Crippen LogP contribution is 2.27. The molecule has 0 radical (unpaired) electrons. The number of aromatic nitrogens is 8. The number of nitrogens with one attached hydrogen (secondary N) is 1. The lowest BCUT2D eigenvalue weighted by Crippen LogP contribution is -2.08. The van der Waals surface area contributed by atoms with Crippen LogP contribution in [0.5, 0.6) is 0 Å². The van der Waals surface area contributed by atoms with Gasteiger partial charge in [-0.2, -0.15) is 10.3 Å². The van der Waals surface area contributed by atoms with Crippen molar-refractivity contribution in [3.8, 4) is 17.2 Å². The van der Waals surface area contributed by atoms with Crippen molar-refractivity contribution in [1.29, 1.82) is 0 Å². The predicted octanol–water partition coefficient (Wildman–Crippen LogP) is 4.21. The Kier molecular flexibility index (Phi) is 6.25. The van der Waals surface area contributed by atoms with Gasteiger partial charge in [0.25, 0.3) is 0 Å². The average molecular weight is 419 g/mol. The SMILES string of the molecule is CCCCc1nc(CCC)nn1Cc1ccc(-n2c(C)cc(C)c2-c2nn[nH]n2)cc1. The molecule has 0 atom stereocenters. The summed E-state index contributed by atoms with van der Waals surface area (Å²) in [5.41, 5.74) is 5.49.